The highest BCUT2D eigenvalue weighted by Crippen LogP contribution is 2.30. The molecule has 3 aromatic rings. The molecule has 0 bridgehead atoms. The van der Waals surface area contributed by atoms with Crippen molar-refractivity contribution in [2.75, 3.05) is 0 Å². The number of halogens is 3. The molecule has 0 spiro atoms. The predicted octanol–water partition coefficient (Wildman–Crippen LogP) is 3.60. The van der Waals surface area contributed by atoms with Crippen LogP contribution in [0.1, 0.15) is 16.1 Å². The normalized spacial score (nSPS) is 11.5. The number of carbonyl (C=O) groups is 1. The summed E-state index contributed by atoms with van der Waals surface area (Å²) in [5, 5.41) is 0.690. The minimum atomic E-state index is -4.75. The Morgan fingerprint density at radius 3 is 2.44 bits per heavy atom. The second-order valence-electron chi connectivity index (χ2n) is 5.35. The first-order chi connectivity index (χ1) is 11.7. The van der Waals surface area contributed by atoms with Gasteiger partial charge in [0.15, 0.2) is 0 Å². The van der Waals surface area contributed by atoms with Gasteiger partial charge in [0, 0.05) is 23.3 Å². The molecule has 0 aliphatic heterocycles. The molecule has 0 saturated carbocycles. The summed E-state index contributed by atoms with van der Waals surface area (Å²) in [6.07, 6.45) is -1.64. The third-order valence-corrected chi connectivity index (χ3v) is 3.55. The van der Waals surface area contributed by atoms with E-state index in [9.17, 15) is 18.0 Å². The van der Waals surface area contributed by atoms with Crippen molar-refractivity contribution < 1.29 is 22.7 Å². The summed E-state index contributed by atoms with van der Waals surface area (Å²) in [6, 6.07) is 7.06. The molecular weight excluding hydrogens is 335 g/mol. The van der Waals surface area contributed by atoms with E-state index in [1.54, 1.807) is 19.2 Å². The summed E-state index contributed by atoms with van der Waals surface area (Å²) in [4.78, 5) is 19.9. The number of fused-ring (bicyclic) bond motifs is 1. The summed E-state index contributed by atoms with van der Waals surface area (Å²) >= 11 is 0. The number of carbonyl (C=O) groups excluding carboxylic acids is 1. The number of aryl methyl sites for hydroxylation is 1. The molecule has 2 N–H and O–H groups in total. The van der Waals surface area contributed by atoms with Gasteiger partial charge in [-0.05, 0) is 36.2 Å². The van der Waals surface area contributed by atoms with Crippen molar-refractivity contribution in [2.45, 2.75) is 13.3 Å². The molecule has 8 heteroatoms. The molecule has 0 radical (unpaired) electrons. The average molecular weight is 347 g/mol. The van der Waals surface area contributed by atoms with Gasteiger partial charge >= 0.3 is 6.36 Å². The molecule has 2 heterocycles. The lowest BCUT2D eigenvalue weighted by Crippen LogP contribution is -2.16. The first-order valence-corrected chi connectivity index (χ1v) is 7.16. The molecule has 0 fully saturated rings. The van der Waals surface area contributed by atoms with Gasteiger partial charge in [-0.3, -0.25) is 9.78 Å². The molecule has 2 aromatic heterocycles. The fourth-order valence-electron chi connectivity index (χ4n) is 2.50. The molecule has 1 aromatic carbocycles. The Hall–Kier alpha value is -3.16. The van der Waals surface area contributed by atoms with Gasteiger partial charge in [0.05, 0.1) is 5.52 Å². The number of nitrogens with two attached hydrogens (primary N) is 1. The largest absolute Gasteiger partial charge is 0.573 e. The van der Waals surface area contributed by atoms with Crippen molar-refractivity contribution in [1.29, 1.82) is 0 Å². The van der Waals surface area contributed by atoms with Gasteiger partial charge in [0.25, 0.3) is 5.91 Å². The van der Waals surface area contributed by atoms with Crippen LogP contribution in [0.25, 0.3) is 22.0 Å². The third-order valence-electron chi connectivity index (χ3n) is 3.55. The van der Waals surface area contributed by atoms with Crippen molar-refractivity contribution in [3.8, 4) is 16.9 Å². The van der Waals surface area contributed by atoms with Crippen LogP contribution >= 0.6 is 0 Å². The van der Waals surface area contributed by atoms with Gasteiger partial charge in [-0.2, -0.15) is 0 Å². The number of hydrogen-bond acceptors (Lipinski definition) is 4. The number of nitrogens with zero attached hydrogens (tertiary/aromatic N) is 2. The number of hydrogen-bond donors (Lipinski definition) is 1. The van der Waals surface area contributed by atoms with Crippen molar-refractivity contribution in [1.82, 2.24) is 9.97 Å². The topological polar surface area (TPSA) is 78.1 Å². The Balaban J connectivity index is 2.09. The third kappa shape index (κ3) is 3.52. The van der Waals surface area contributed by atoms with E-state index >= 15 is 0 Å². The second-order valence-corrected chi connectivity index (χ2v) is 5.35. The number of ether oxygens (including phenoxy) is 1. The highest BCUT2D eigenvalue weighted by Gasteiger charge is 2.31. The zero-order valence-corrected chi connectivity index (χ0v) is 13.0. The molecule has 1 amide bonds. The maximum atomic E-state index is 12.2. The number of rotatable bonds is 3. The van der Waals surface area contributed by atoms with Gasteiger partial charge in [-0.1, -0.05) is 12.1 Å². The minimum absolute atomic E-state index is 0.136. The van der Waals surface area contributed by atoms with Crippen LogP contribution < -0.4 is 10.5 Å². The maximum absolute atomic E-state index is 12.2. The number of benzene rings is 1. The molecule has 25 heavy (non-hydrogen) atoms. The van der Waals surface area contributed by atoms with Crippen LogP contribution in [0.5, 0.6) is 5.75 Å². The number of alkyl halides is 3. The molecule has 128 valence electrons. The second kappa shape index (κ2) is 6.04. The molecule has 0 saturated heterocycles. The molecule has 0 atom stereocenters. The summed E-state index contributed by atoms with van der Waals surface area (Å²) in [5.74, 6) is -0.984. The zero-order chi connectivity index (χ0) is 18.2. The molecule has 3 rings (SSSR count). The van der Waals surface area contributed by atoms with E-state index in [2.05, 4.69) is 14.7 Å². The van der Waals surface area contributed by atoms with Crippen LogP contribution in [0.15, 0.2) is 42.7 Å². The highest BCUT2D eigenvalue weighted by molar-refractivity contribution is 5.99. The molecule has 5 nitrogen and oxygen atoms in total. The minimum Gasteiger partial charge on any atom is -0.406 e. The Kier molecular flexibility index (Phi) is 4.03. The first-order valence-electron chi connectivity index (χ1n) is 7.16. The number of pyridine rings is 2. The van der Waals surface area contributed by atoms with Gasteiger partial charge in [-0.15, -0.1) is 13.2 Å². The summed E-state index contributed by atoms with van der Waals surface area (Å²) in [5.41, 5.74) is 7.72. The number of amides is 1. The lowest BCUT2D eigenvalue weighted by atomic mass is 10.0. The van der Waals surface area contributed by atoms with E-state index in [0.29, 0.717) is 27.6 Å². The van der Waals surface area contributed by atoms with Gasteiger partial charge in [-0.25, -0.2) is 4.98 Å². The van der Waals surface area contributed by atoms with Crippen LogP contribution in [0.2, 0.25) is 0 Å². The molecule has 0 unspecified atom stereocenters. The fourth-order valence-corrected chi connectivity index (χ4v) is 2.50. The van der Waals surface area contributed by atoms with Crippen molar-refractivity contribution in [3.63, 3.8) is 0 Å². The maximum Gasteiger partial charge on any atom is 0.573 e. The quantitative estimate of drug-likeness (QED) is 0.785. The predicted molar refractivity (Wildman–Crippen MR) is 84.9 cm³/mol. The van der Waals surface area contributed by atoms with E-state index in [1.165, 1.54) is 30.5 Å². The molecule has 0 aliphatic rings. The van der Waals surface area contributed by atoms with E-state index in [-0.39, 0.29) is 11.4 Å². The number of aromatic nitrogens is 2. The Bertz CT molecular complexity index is 954. The summed E-state index contributed by atoms with van der Waals surface area (Å²) in [6.45, 7) is 1.71. The number of primary amides is 1. The highest BCUT2D eigenvalue weighted by atomic mass is 19.4. The van der Waals surface area contributed by atoms with Crippen molar-refractivity contribution in [3.05, 3.63) is 54.0 Å². The van der Waals surface area contributed by atoms with Crippen LogP contribution in [0, 0.1) is 6.92 Å². The standard InChI is InChI=1S/C17H12F3N3O2/c1-9-6-11-7-22-8-13(15(11)23-14(9)16(21)24)10-2-4-12(5-3-10)25-17(18,19)20/h2-8H,1H3,(H2,21,24). The first kappa shape index (κ1) is 16.7. The van der Waals surface area contributed by atoms with Gasteiger partial charge in [0.1, 0.15) is 11.4 Å². The Labute approximate surface area is 140 Å². The van der Waals surface area contributed by atoms with E-state index in [1.807, 2.05) is 0 Å². The van der Waals surface area contributed by atoms with Crippen LogP contribution in [-0.2, 0) is 0 Å². The van der Waals surface area contributed by atoms with Crippen LogP contribution in [-0.4, -0.2) is 22.2 Å². The average Bonchev–Trinajstić information content (AvgIpc) is 2.52. The van der Waals surface area contributed by atoms with Gasteiger partial charge < -0.3 is 10.5 Å². The SMILES string of the molecule is Cc1cc2cncc(-c3ccc(OC(F)(F)F)cc3)c2nc1C(N)=O. The lowest BCUT2D eigenvalue weighted by Gasteiger charge is -2.11. The van der Waals surface area contributed by atoms with E-state index < -0.39 is 12.3 Å². The smallest absolute Gasteiger partial charge is 0.406 e. The lowest BCUT2D eigenvalue weighted by molar-refractivity contribution is -0.274. The molecule has 0 aliphatic carbocycles. The van der Waals surface area contributed by atoms with Crippen molar-refractivity contribution >= 4 is 16.8 Å². The molecular formula is C17H12F3N3O2. The van der Waals surface area contributed by atoms with Gasteiger partial charge in [0.2, 0.25) is 0 Å². The summed E-state index contributed by atoms with van der Waals surface area (Å²) < 4.78 is 40.6. The Morgan fingerprint density at radius 2 is 1.84 bits per heavy atom. The van der Waals surface area contributed by atoms with E-state index in [4.69, 9.17) is 5.73 Å². The summed E-state index contributed by atoms with van der Waals surface area (Å²) in [7, 11) is 0. The van der Waals surface area contributed by atoms with Crippen LogP contribution in [0.3, 0.4) is 0 Å². The monoisotopic (exact) mass is 347 g/mol. The van der Waals surface area contributed by atoms with Crippen LogP contribution in [0.4, 0.5) is 13.2 Å². The fraction of sp³-hybridized carbons (Fsp3) is 0.118. The zero-order valence-electron chi connectivity index (χ0n) is 13.0. The van der Waals surface area contributed by atoms with E-state index in [0.717, 1.165) is 0 Å². The van der Waals surface area contributed by atoms with Crippen molar-refractivity contribution in [2.24, 2.45) is 5.73 Å². The Morgan fingerprint density at radius 1 is 1.16 bits per heavy atom.